The third kappa shape index (κ3) is 7.53. The number of guanidine groups is 1. The van der Waals surface area contributed by atoms with Crippen molar-refractivity contribution in [1.29, 1.82) is 0 Å². The second kappa shape index (κ2) is 10.1. The zero-order chi connectivity index (χ0) is 18.8. The third-order valence-corrected chi connectivity index (χ3v) is 3.48. The van der Waals surface area contributed by atoms with Crippen LogP contribution in [-0.2, 0) is 20.7 Å². The van der Waals surface area contributed by atoms with Crippen LogP contribution in [0.4, 0.5) is 0 Å². The van der Waals surface area contributed by atoms with Crippen molar-refractivity contribution in [1.82, 2.24) is 5.32 Å². The van der Waals surface area contributed by atoms with Gasteiger partial charge in [-0.15, -0.1) is 0 Å². The molecule has 0 saturated carbocycles. The van der Waals surface area contributed by atoms with E-state index in [1.165, 1.54) is 19.2 Å². The van der Waals surface area contributed by atoms with E-state index >= 15 is 0 Å². The molecular formula is C16H25N5O4. The van der Waals surface area contributed by atoms with Crippen LogP contribution in [0.3, 0.4) is 0 Å². The Morgan fingerprint density at radius 2 is 1.92 bits per heavy atom. The minimum absolute atomic E-state index is 0.0328. The fourth-order valence-corrected chi connectivity index (χ4v) is 2.15. The number of carbonyl (C=O) groups is 2. The number of amides is 1. The average molecular weight is 351 g/mol. The predicted octanol–water partition coefficient (Wildman–Crippen LogP) is -1.03. The predicted molar refractivity (Wildman–Crippen MR) is 93.6 cm³/mol. The number of phenolic OH excluding ortho intramolecular Hbond substituents is 1. The lowest BCUT2D eigenvalue weighted by Crippen LogP contribution is -2.49. The Kier molecular flexibility index (Phi) is 8.21. The van der Waals surface area contributed by atoms with Gasteiger partial charge in [0.25, 0.3) is 0 Å². The van der Waals surface area contributed by atoms with E-state index in [0.717, 1.165) is 5.56 Å². The van der Waals surface area contributed by atoms with Gasteiger partial charge in [-0.25, -0.2) is 4.79 Å². The zero-order valence-electron chi connectivity index (χ0n) is 14.1. The van der Waals surface area contributed by atoms with Crippen molar-refractivity contribution in [3.63, 3.8) is 0 Å². The summed E-state index contributed by atoms with van der Waals surface area (Å²) < 4.78 is 4.70. The quantitative estimate of drug-likeness (QED) is 0.164. The van der Waals surface area contributed by atoms with E-state index in [1.54, 1.807) is 12.1 Å². The number of carbonyl (C=O) groups excluding carboxylic acids is 2. The molecule has 1 rings (SSSR count). The minimum Gasteiger partial charge on any atom is -0.508 e. The molecule has 9 nitrogen and oxygen atoms in total. The van der Waals surface area contributed by atoms with E-state index in [0.29, 0.717) is 19.4 Å². The van der Waals surface area contributed by atoms with Crippen molar-refractivity contribution in [2.24, 2.45) is 22.2 Å². The van der Waals surface area contributed by atoms with Gasteiger partial charge in [0.1, 0.15) is 11.8 Å². The molecule has 0 aliphatic carbocycles. The molecule has 8 N–H and O–H groups in total. The van der Waals surface area contributed by atoms with E-state index in [-0.39, 0.29) is 18.1 Å². The molecule has 0 aliphatic rings. The Balaban J connectivity index is 2.58. The fourth-order valence-electron chi connectivity index (χ4n) is 2.15. The van der Waals surface area contributed by atoms with Gasteiger partial charge >= 0.3 is 5.97 Å². The first-order chi connectivity index (χ1) is 11.8. The van der Waals surface area contributed by atoms with E-state index in [9.17, 15) is 14.7 Å². The van der Waals surface area contributed by atoms with Crippen LogP contribution in [0.25, 0.3) is 0 Å². The summed E-state index contributed by atoms with van der Waals surface area (Å²) in [4.78, 5) is 27.8. The van der Waals surface area contributed by atoms with Crippen LogP contribution in [0.2, 0.25) is 0 Å². The number of esters is 1. The van der Waals surface area contributed by atoms with Crippen molar-refractivity contribution in [3.8, 4) is 5.75 Å². The topological polar surface area (TPSA) is 166 Å². The third-order valence-electron chi connectivity index (χ3n) is 3.48. The maximum atomic E-state index is 12.2. The first-order valence-corrected chi connectivity index (χ1v) is 7.80. The number of nitrogens with zero attached hydrogens (tertiary/aromatic N) is 1. The number of hydrogen-bond donors (Lipinski definition) is 5. The van der Waals surface area contributed by atoms with Gasteiger partial charge in [-0.3, -0.25) is 9.79 Å². The molecule has 0 aliphatic heterocycles. The second-order valence-electron chi connectivity index (χ2n) is 5.51. The number of nitrogens with one attached hydrogen (secondary N) is 1. The van der Waals surface area contributed by atoms with E-state index in [4.69, 9.17) is 21.9 Å². The van der Waals surface area contributed by atoms with Crippen molar-refractivity contribution >= 4 is 17.8 Å². The molecule has 0 radical (unpaired) electrons. The molecule has 138 valence electrons. The van der Waals surface area contributed by atoms with Gasteiger partial charge in [0.05, 0.1) is 13.2 Å². The molecule has 1 aromatic carbocycles. The van der Waals surface area contributed by atoms with Crippen molar-refractivity contribution < 1.29 is 19.4 Å². The summed E-state index contributed by atoms with van der Waals surface area (Å²) in [5, 5.41) is 11.8. The van der Waals surface area contributed by atoms with E-state index in [2.05, 4.69) is 10.3 Å². The van der Waals surface area contributed by atoms with Crippen LogP contribution in [0, 0.1) is 0 Å². The molecule has 0 spiro atoms. The molecule has 0 heterocycles. The van der Waals surface area contributed by atoms with Gasteiger partial charge in [-0.1, -0.05) is 12.1 Å². The van der Waals surface area contributed by atoms with Crippen LogP contribution in [0.5, 0.6) is 5.75 Å². The smallest absolute Gasteiger partial charge is 0.328 e. The van der Waals surface area contributed by atoms with Gasteiger partial charge in [-0.2, -0.15) is 0 Å². The van der Waals surface area contributed by atoms with Crippen LogP contribution in [0.15, 0.2) is 29.3 Å². The van der Waals surface area contributed by atoms with E-state index < -0.39 is 24.0 Å². The molecule has 0 fully saturated rings. The normalized spacial score (nSPS) is 12.7. The highest BCUT2D eigenvalue weighted by atomic mass is 16.5. The first kappa shape index (κ1) is 20.2. The van der Waals surface area contributed by atoms with Crippen molar-refractivity contribution in [2.45, 2.75) is 31.3 Å². The Morgan fingerprint density at radius 1 is 1.28 bits per heavy atom. The van der Waals surface area contributed by atoms with Crippen LogP contribution in [-0.4, -0.2) is 48.7 Å². The Bertz CT molecular complexity index is 599. The number of rotatable bonds is 9. The molecule has 0 saturated heterocycles. The van der Waals surface area contributed by atoms with Crippen molar-refractivity contribution in [2.75, 3.05) is 13.7 Å². The average Bonchev–Trinajstić information content (AvgIpc) is 2.58. The molecule has 1 amide bonds. The highest BCUT2D eigenvalue weighted by Crippen LogP contribution is 2.11. The maximum absolute atomic E-state index is 12.2. The van der Waals surface area contributed by atoms with E-state index in [1.807, 2.05) is 0 Å². The largest absolute Gasteiger partial charge is 0.508 e. The van der Waals surface area contributed by atoms with Gasteiger partial charge in [0, 0.05) is 6.54 Å². The molecule has 9 heteroatoms. The lowest BCUT2D eigenvalue weighted by Gasteiger charge is -2.19. The highest BCUT2D eigenvalue weighted by molar-refractivity contribution is 5.87. The maximum Gasteiger partial charge on any atom is 0.328 e. The van der Waals surface area contributed by atoms with Crippen LogP contribution in [0.1, 0.15) is 18.4 Å². The number of benzene rings is 1. The second-order valence-corrected chi connectivity index (χ2v) is 5.51. The summed E-state index contributed by atoms with van der Waals surface area (Å²) in [6.45, 7) is 0.339. The molecule has 2 unspecified atom stereocenters. The lowest BCUT2D eigenvalue weighted by molar-refractivity contribution is -0.145. The molecular weight excluding hydrogens is 326 g/mol. The van der Waals surface area contributed by atoms with Gasteiger partial charge < -0.3 is 32.4 Å². The van der Waals surface area contributed by atoms with Crippen LogP contribution < -0.4 is 22.5 Å². The first-order valence-electron chi connectivity index (χ1n) is 7.80. The summed E-state index contributed by atoms with van der Waals surface area (Å²) in [6, 6.07) is 4.72. The summed E-state index contributed by atoms with van der Waals surface area (Å²) in [6.07, 6.45) is 1.08. The highest BCUT2D eigenvalue weighted by Gasteiger charge is 2.24. The number of nitrogens with two attached hydrogens (primary N) is 3. The van der Waals surface area contributed by atoms with Gasteiger partial charge in [0.15, 0.2) is 5.96 Å². The van der Waals surface area contributed by atoms with Crippen LogP contribution >= 0.6 is 0 Å². The van der Waals surface area contributed by atoms with Gasteiger partial charge in [-0.05, 0) is 37.0 Å². The minimum atomic E-state index is -0.839. The summed E-state index contributed by atoms with van der Waals surface area (Å²) in [7, 11) is 1.24. The zero-order valence-corrected chi connectivity index (χ0v) is 14.1. The number of aliphatic imine (C=N–C) groups is 1. The number of aromatic hydroxyl groups is 1. The molecule has 2 atom stereocenters. The number of ether oxygens (including phenoxy) is 1. The standard InChI is InChI=1S/C16H25N5O4/c1-25-15(24)13(3-2-8-20-16(18)19)21-14(23)12(17)9-10-4-6-11(22)7-5-10/h4-7,12-13,22H,2-3,8-9,17H2,1H3,(H,21,23)(H4,18,19,20). The molecule has 0 bridgehead atoms. The number of methoxy groups -OCH3 is 1. The summed E-state index contributed by atoms with van der Waals surface area (Å²) >= 11 is 0. The monoisotopic (exact) mass is 351 g/mol. The number of hydrogen-bond acceptors (Lipinski definition) is 6. The Labute approximate surface area is 146 Å². The molecule has 0 aromatic heterocycles. The molecule has 1 aromatic rings. The van der Waals surface area contributed by atoms with Crippen molar-refractivity contribution in [3.05, 3.63) is 29.8 Å². The van der Waals surface area contributed by atoms with Gasteiger partial charge in [0.2, 0.25) is 5.91 Å². The number of phenols is 1. The summed E-state index contributed by atoms with van der Waals surface area (Å²) in [5.74, 6) is -0.928. The molecule has 25 heavy (non-hydrogen) atoms. The fraction of sp³-hybridized carbons (Fsp3) is 0.438. The Morgan fingerprint density at radius 3 is 2.48 bits per heavy atom. The SMILES string of the molecule is COC(=O)C(CCCN=C(N)N)NC(=O)C(N)Cc1ccc(O)cc1. The Hall–Kier alpha value is -2.81. The lowest BCUT2D eigenvalue weighted by atomic mass is 10.0. The summed E-state index contributed by atoms with van der Waals surface area (Å²) in [5.41, 5.74) is 17.1.